The summed E-state index contributed by atoms with van der Waals surface area (Å²) in [4.78, 5) is 21.6. The van der Waals surface area contributed by atoms with Crippen molar-refractivity contribution in [1.82, 2.24) is 15.3 Å². The second-order valence-corrected chi connectivity index (χ2v) is 9.10. The molecule has 166 valence electrons. The van der Waals surface area contributed by atoms with Crippen molar-refractivity contribution in [1.29, 1.82) is 0 Å². The summed E-state index contributed by atoms with van der Waals surface area (Å²) in [5.74, 6) is -0.330. The van der Waals surface area contributed by atoms with E-state index >= 15 is 0 Å². The summed E-state index contributed by atoms with van der Waals surface area (Å²) < 4.78 is 39.7. The molecule has 0 saturated heterocycles. The van der Waals surface area contributed by atoms with Crippen LogP contribution >= 0.6 is 27.3 Å². The summed E-state index contributed by atoms with van der Waals surface area (Å²) in [7, 11) is 0. The first-order valence-corrected chi connectivity index (χ1v) is 11.3. The quantitative estimate of drug-likeness (QED) is 0.318. The van der Waals surface area contributed by atoms with Gasteiger partial charge in [-0.2, -0.15) is 13.2 Å². The predicted octanol–water partition coefficient (Wildman–Crippen LogP) is 5.37. The van der Waals surface area contributed by atoms with Gasteiger partial charge in [-0.25, -0.2) is 4.98 Å². The molecular formula is C22H18BrF3N4OS. The van der Waals surface area contributed by atoms with Crippen LogP contribution in [-0.4, -0.2) is 28.5 Å². The molecule has 0 radical (unpaired) electrons. The molecule has 4 aromatic rings. The number of H-pyrrole nitrogens is 1. The van der Waals surface area contributed by atoms with Gasteiger partial charge in [-0.3, -0.25) is 4.79 Å². The van der Waals surface area contributed by atoms with E-state index in [1.807, 2.05) is 12.1 Å². The zero-order chi connectivity index (χ0) is 22.9. The maximum atomic E-state index is 13.0. The number of aromatic amines is 1. The van der Waals surface area contributed by atoms with E-state index in [1.54, 1.807) is 24.5 Å². The first-order valence-electron chi connectivity index (χ1n) is 9.65. The third-order valence-corrected chi connectivity index (χ3v) is 7.03. The largest absolute Gasteiger partial charge is 0.416 e. The van der Waals surface area contributed by atoms with Crippen LogP contribution in [0.4, 0.5) is 13.2 Å². The van der Waals surface area contributed by atoms with Crippen molar-refractivity contribution in [3.63, 3.8) is 0 Å². The summed E-state index contributed by atoms with van der Waals surface area (Å²) in [5, 5.41) is 3.78. The van der Waals surface area contributed by atoms with Crippen molar-refractivity contribution in [2.75, 3.05) is 6.54 Å². The maximum Gasteiger partial charge on any atom is 0.416 e. The van der Waals surface area contributed by atoms with E-state index in [-0.39, 0.29) is 18.9 Å². The van der Waals surface area contributed by atoms with Gasteiger partial charge >= 0.3 is 6.18 Å². The molecule has 3 aromatic heterocycles. The van der Waals surface area contributed by atoms with Crippen LogP contribution in [0.1, 0.15) is 20.8 Å². The molecule has 1 amide bonds. The Morgan fingerprint density at radius 1 is 1.25 bits per heavy atom. The topological polar surface area (TPSA) is 83.8 Å². The predicted molar refractivity (Wildman–Crippen MR) is 123 cm³/mol. The fraction of sp³-hybridized carbons (Fsp3) is 0.182. The normalized spacial score (nSPS) is 12.8. The molecule has 32 heavy (non-hydrogen) atoms. The summed E-state index contributed by atoms with van der Waals surface area (Å²) in [6.07, 6.45) is -0.732. The van der Waals surface area contributed by atoms with Gasteiger partial charge in [0.1, 0.15) is 5.65 Å². The first kappa shape index (κ1) is 22.5. The molecule has 0 saturated carbocycles. The number of pyridine rings is 1. The summed E-state index contributed by atoms with van der Waals surface area (Å²) >= 11 is 4.84. The Labute approximate surface area is 194 Å². The maximum absolute atomic E-state index is 13.0. The van der Waals surface area contributed by atoms with E-state index in [1.165, 1.54) is 17.4 Å². The number of carbonyl (C=O) groups excluding carboxylic acids is 1. The number of nitrogens with one attached hydrogen (secondary N) is 2. The van der Waals surface area contributed by atoms with Crippen LogP contribution in [0.25, 0.3) is 21.5 Å². The molecule has 0 spiro atoms. The minimum atomic E-state index is -4.42. The van der Waals surface area contributed by atoms with Gasteiger partial charge in [0.2, 0.25) is 0 Å². The number of nitrogens with zero attached hydrogens (tertiary/aromatic N) is 1. The Hall–Kier alpha value is -2.69. The molecule has 4 rings (SSSR count). The zero-order valence-electron chi connectivity index (χ0n) is 16.5. The minimum absolute atomic E-state index is 0.0930. The second-order valence-electron chi connectivity index (χ2n) is 7.19. The second kappa shape index (κ2) is 9.05. The van der Waals surface area contributed by atoms with Gasteiger partial charge in [-0.1, -0.05) is 18.2 Å². The molecular weight excluding hydrogens is 505 g/mol. The number of rotatable bonds is 6. The molecule has 10 heteroatoms. The third kappa shape index (κ3) is 4.72. The SMILES string of the molecule is NC[C@H](Cc1cccc(C(F)(F)F)c1)NC(=O)c1cc(Br)c(-c2ccnc3[nH]ccc23)s1. The highest BCUT2D eigenvalue weighted by atomic mass is 79.9. The molecule has 1 atom stereocenters. The molecule has 0 aliphatic carbocycles. The van der Waals surface area contributed by atoms with Crippen LogP contribution in [-0.2, 0) is 12.6 Å². The number of amides is 1. The summed E-state index contributed by atoms with van der Waals surface area (Å²) in [6, 6.07) is 10.1. The number of benzene rings is 1. The smallest absolute Gasteiger partial charge is 0.347 e. The van der Waals surface area contributed by atoms with Gasteiger partial charge < -0.3 is 16.0 Å². The van der Waals surface area contributed by atoms with Crippen LogP contribution in [0.15, 0.2) is 59.3 Å². The lowest BCUT2D eigenvalue weighted by Gasteiger charge is -2.17. The molecule has 5 nitrogen and oxygen atoms in total. The molecule has 0 bridgehead atoms. The van der Waals surface area contributed by atoms with E-state index in [2.05, 4.69) is 31.2 Å². The Morgan fingerprint density at radius 3 is 2.81 bits per heavy atom. The molecule has 0 fully saturated rings. The Morgan fingerprint density at radius 2 is 2.06 bits per heavy atom. The number of thiophene rings is 1. The average Bonchev–Trinajstić information content (AvgIpc) is 3.39. The molecule has 0 aliphatic heterocycles. The molecule has 0 aliphatic rings. The number of nitrogens with two attached hydrogens (primary N) is 1. The van der Waals surface area contributed by atoms with Gasteiger partial charge in [-0.15, -0.1) is 11.3 Å². The Bertz CT molecular complexity index is 1270. The van der Waals surface area contributed by atoms with E-state index in [0.29, 0.717) is 10.4 Å². The highest BCUT2D eigenvalue weighted by Gasteiger charge is 2.30. The van der Waals surface area contributed by atoms with Gasteiger partial charge in [-0.05, 0) is 52.2 Å². The zero-order valence-corrected chi connectivity index (χ0v) is 18.9. The van der Waals surface area contributed by atoms with Crippen LogP contribution < -0.4 is 11.1 Å². The van der Waals surface area contributed by atoms with E-state index in [4.69, 9.17) is 5.73 Å². The number of hydrogen-bond acceptors (Lipinski definition) is 4. The lowest BCUT2D eigenvalue weighted by Crippen LogP contribution is -2.41. The van der Waals surface area contributed by atoms with Crippen LogP contribution in [0, 0.1) is 0 Å². The Balaban J connectivity index is 1.52. The van der Waals surface area contributed by atoms with Gasteiger partial charge in [0.25, 0.3) is 5.91 Å². The van der Waals surface area contributed by atoms with Crippen molar-refractivity contribution >= 4 is 44.2 Å². The van der Waals surface area contributed by atoms with Crippen molar-refractivity contribution < 1.29 is 18.0 Å². The number of aromatic nitrogens is 2. The highest BCUT2D eigenvalue weighted by molar-refractivity contribution is 9.10. The van der Waals surface area contributed by atoms with Crippen molar-refractivity contribution in [2.24, 2.45) is 5.73 Å². The number of fused-ring (bicyclic) bond motifs is 1. The molecule has 3 heterocycles. The molecule has 1 aromatic carbocycles. The van der Waals surface area contributed by atoms with Crippen LogP contribution in [0.3, 0.4) is 0 Å². The standard InChI is InChI=1S/C22H18BrF3N4OS/c23-17-10-18(32-19(17)15-4-6-28-20-16(15)5-7-29-20)21(31)30-14(11-27)9-12-2-1-3-13(8-12)22(24,25)26/h1-8,10,14H,9,11,27H2,(H,28,29)(H,30,31)/t14-/m0/s1. The number of carbonyl (C=O) groups is 1. The van der Waals surface area contributed by atoms with Gasteiger partial charge in [0, 0.05) is 40.4 Å². The fourth-order valence-electron chi connectivity index (χ4n) is 3.43. The third-order valence-electron chi connectivity index (χ3n) is 4.97. The lowest BCUT2D eigenvalue weighted by molar-refractivity contribution is -0.137. The van der Waals surface area contributed by atoms with Crippen molar-refractivity contribution in [3.05, 3.63) is 75.3 Å². The summed E-state index contributed by atoms with van der Waals surface area (Å²) in [6.45, 7) is 0.0930. The monoisotopic (exact) mass is 522 g/mol. The van der Waals surface area contributed by atoms with Crippen LogP contribution in [0.5, 0.6) is 0 Å². The highest BCUT2D eigenvalue weighted by Crippen LogP contribution is 2.39. The first-order chi connectivity index (χ1) is 15.3. The average molecular weight is 523 g/mol. The van der Waals surface area contributed by atoms with E-state index in [0.717, 1.165) is 38.1 Å². The van der Waals surface area contributed by atoms with E-state index < -0.39 is 17.8 Å². The lowest BCUT2D eigenvalue weighted by atomic mass is 10.0. The van der Waals surface area contributed by atoms with Crippen molar-refractivity contribution in [3.8, 4) is 10.4 Å². The van der Waals surface area contributed by atoms with Gasteiger partial charge in [0.15, 0.2) is 0 Å². The fourth-order valence-corrected chi connectivity index (χ4v) is 5.26. The molecule has 0 unspecified atom stereocenters. The summed E-state index contributed by atoms with van der Waals surface area (Å²) in [5.41, 5.74) is 7.21. The van der Waals surface area contributed by atoms with Crippen LogP contribution in [0.2, 0.25) is 0 Å². The Kier molecular flexibility index (Phi) is 6.36. The van der Waals surface area contributed by atoms with Crippen molar-refractivity contribution in [2.45, 2.75) is 18.6 Å². The number of alkyl halides is 3. The number of halogens is 4. The van der Waals surface area contributed by atoms with E-state index in [9.17, 15) is 18.0 Å². The van der Waals surface area contributed by atoms with Gasteiger partial charge in [0.05, 0.1) is 15.3 Å². The molecule has 4 N–H and O–H groups in total. The number of hydrogen-bond donors (Lipinski definition) is 3. The minimum Gasteiger partial charge on any atom is -0.347 e.